The van der Waals surface area contributed by atoms with E-state index in [4.69, 9.17) is 4.74 Å². The normalized spacial score (nSPS) is 20.1. The van der Waals surface area contributed by atoms with E-state index in [9.17, 15) is 0 Å². The number of nitrogens with zero attached hydrogens (tertiary/aromatic N) is 2. The van der Waals surface area contributed by atoms with E-state index in [-0.39, 0.29) is 0 Å². The second kappa shape index (κ2) is 4.76. The SMILES string of the molecule is CC1(CNc2nnc(Br)s2)CCOCC1. The Bertz CT molecular complexity index is 325. The van der Waals surface area contributed by atoms with Crippen LogP contribution < -0.4 is 5.32 Å². The van der Waals surface area contributed by atoms with Gasteiger partial charge in [0.15, 0.2) is 3.92 Å². The molecule has 0 radical (unpaired) electrons. The van der Waals surface area contributed by atoms with Gasteiger partial charge in [-0.3, -0.25) is 0 Å². The predicted molar refractivity (Wildman–Crippen MR) is 64.3 cm³/mol. The van der Waals surface area contributed by atoms with Crippen LogP contribution in [0.25, 0.3) is 0 Å². The molecule has 0 unspecified atom stereocenters. The highest BCUT2D eigenvalue weighted by molar-refractivity contribution is 9.11. The molecule has 2 rings (SSSR count). The Morgan fingerprint density at radius 1 is 1.47 bits per heavy atom. The van der Waals surface area contributed by atoms with Crippen LogP contribution in [0, 0.1) is 5.41 Å². The number of anilines is 1. The van der Waals surface area contributed by atoms with E-state index in [2.05, 4.69) is 38.4 Å². The first kappa shape index (κ1) is 11.3. The monoisotopic (exact) mass is 291 g/mol. The smallest absolute Gasteiger partial charge is 0.206 e. The van der Waals surface area contributed by atoms with Gasteiger partial charge >= 0.3 is 0 Å². The summed E-state index contributed by atoms with van der Waals surface area (Å²) in [7, 11) is 0. The number of rotatable bonds is 3. The standard InChI is InChI=1S/C9H14BrN3OS/c1-9(2-4-14-5-3-9)6-11-8-13-12-7(10)15-8/h2-6H2,1H3,(H,11,13). The highest BCUT2D eigenvalue weighted by atomic mass is 79.9. The van der Waals surface area contributed by atoms with Crippen molar-refractivity contribution in [3.05, 3.63) is 3.92 Å². The van der Waals surface area contributed by atoms with Crippen LogP contribution in [0.1, 0.15) is 19.8 Å². The van der Waals surface area contributed by atoms with Crippen molar-refractivity contribution in [1.29, 1.82) is 0 Å². The molecule has 1 N–H and O–H groups in total. The van der Waals surface area contributed by atoms with Crippen LogP contribution >= 0.6 is 27.3 Å². The van der Waals surface area contributed by atoms with Gasteiger partial charge in [0.1, 0.15) is 0 Å². The first-order valence-electron chi connectivity index (χ1n) is 4.99. The van der Waals surface area contributed by atoms with Gasteiger partial charge in [-0.1, -0.05) is 18.3 Å². The van der Waals surface area contributed by atoms with Crippen molar-refractivity contribution in [3.63, 3.8) is 0 Å². The molecule has 1 aliphatic heterocycles. The molecule has 1 aliphatic rings. The lowest BCUT2D eigenvalue weighted by atomic mass is 9.82. The highest BCUT2D eigenvalue weighted by Crippen LogP contribution is 2.30. The van der Waals surface area contributed by atoms with Crippen LogP contribution in [0.4, 0.5) is 5.13 Å². The van der Waals surface area contributed by atoms with E-state index < -0.39 is 0 Å². The van der Waals surface area contributed by atoms with Crippen molar-refractivity contribution in [3.8, 4) is 0 Å². The van der Waals surface area contributed by atoms with Crippen LogP contribution in [0.2, 0.25) is 0 Å². The summed E-state index contributed by atoms with van der Waals surface area (Å²) in [5.41, 5.74) is 0.330. The predicted octanol–water partition coefficient (Wildman–Crippen LogP) is 2.53. The fourth-order valence-electron chi connectivity index (χ4n) is 1.61. The Labute approximate surface area is 102 Å². The molecular formula is C9H14BrN3OS. The average Bonchev–Trinajstić information content (AvgIpc) is 2.63. The van der Waals surface area contributed by atoms with Gasteiger partial charge in [-0.05, 0) is 34.2 Å². The van der Waals surface area contributed by atoms with Crippen molar-refractivity contribution in [1.82, 2.24) is 10.2 Å². The van der Waals surface area contributed by atoms with Crippen LogP contribution in [0.3, 0.4) is 0 Å². The molecule has 0 atom stereocenters. The maximum Gasteiger partial charge on any atom is 0.206 e. The molecule has 0 bridgehead atoms. The van der Waals surface area contributed by atoms with Crippen LogP contribution in [-0.4, -0.2) is 30.0 Å². The number of hydrogen-bond donors (Lipinski definition) is 1. The lowest BCUT2D eigenvalue weighted by Gasteiger charge is -2.33. The van der Waals surface area contributed by atoms with E-state index in [1.807, 2.05) is 0 Å². The van der Waals surface area contributed by atoms with Crippen molar-refractivity contribution < 1.29 is 4.74 Å². The number of hydrogen-bond acceptors (Lipinski definition) is 5. The minimum Gasteiger partial charge on any atom is -0.381 e. The lowest BCUT2D eigenvalue weighted by molar-refractivity contribution is 0.0300. The van der Waals surface area contributed by atoms with Crippen molar-refractivity contribution >= 4 is 32.4 Å². The molecule has 6 heteroatoms. The molecule has 0 spiro atoms. The Morgan fingerprint density at radius 3 is 2.80 bits per heavy atom. The van der Waals surface area contributed by atoms with E-state index in [1.54, 1.807) is 0 Å². The molecule has 0 saturated carbocycles. The van der Waals surface area contributed by atoms with Crippen LogP contribution in [-0.2, 0) is 4.74 Å². The van der Waals surface area contributed by atoms with Gasteiger partial charge in [-0.25, -0.2) is 0 Å². The van der Waals surface area contributed by atoms with Gasteiger partial charge in [0.05, 0.1) is 0 Å². The molecule has 0 aromatic carbocycles. The van der Waals surface area contributed by atoms with Crippen LogP contribution in [0.5, 0.6) is 0 Å². The summed E-state index contributed by atoms with van der Waals surface area (Å²) < 4.78 is 6.18. The number of ether oxygens (including phenoxy) is 1. The summed E-state index contributed by atoms with van der Waals surface area (Å²) in [5, 5.41) is 12.1. The van der Waals surface area contributed by atoms with E-state index in [1.165, 1.54) is 11.3 Å². The van der Waals surface area contributed by atoms with Crippen LogP contribution in [0.15, 0.2) is 3.92 Å². The molecular weight excluding hydrogens is 278 g/mol. The zero-order valence-corrected chi connectivity index (χ0v) is 11.0. The van der Waals surface area contributed by atoms with Gasteiger partial charge in [-0.2, -0.15) is 0 Å². The Kier molecular flexibility index (Phi) is 3.58. The summed E-state index contributed by atoms with van der Waals surface area (Å²) in [6, 6.07) is 0. The number of nitrogens with one attached hydrogen (secondary N) is 1. The van der Waals surface area contributed by atoms with Crippen molar-refractivity contribution in [2.75, 3.05) is 25.1 Å². The summed E-state index contributed by atoms with van der Waals surface area (Å²) in [6.07, 6.45) is 2.22. The minimum atomic E-state index is 0.330. The maximum atomic E-state index is 5.36. The third-order valence-electron chi connectivity index (χ3n) is 2.77. The Hall–Kier alpha value is -0.200. The zero-order chi connectivity index (χ0) is 10.7. The molecule has 15 heavy (non-hydrogen) atoms. The van der Waals surface area contributed by atoms with E-state index >= 15 is 0 Å². The molecule has 84 valence electrons. The Morgan fingerprint density at radius 2 is 2.20 bits per heavy atom. The quantitative estimate of drug-likeness (QED) is 0.930. The van der Waals surface area contributed by atoms with Gasteiger partial charge in [0.2, 0.25) is 5.13 Å². The van der Waals surface area contributed by atoms with E-state index in [0.717, 1.165) is 41.6 Å². The molecule has 1 aromatic heterocycles. The van der Waals surface area contributed by atoms with Gasteiger partial charge < -0.3 is 10.1 Å². The topological polar surface area (TPSA) is 47.0 Å². The lowest BCUT2D eigenvalue weighted by Crippen LogP contribution is -2.33. The summed E-state index contributed by atoms with van der Waals surface area (Å²) >= 11 is 4.82. The third-order valence-corrected chi connectivity index (χ3v) is 4.08. The molecule has 0 amide bonds. The second-order valence-corrected chi connectivity index (χ2v) is 6.39. The van der Waals surface area contributed by atoms with E-state index in [0.29, 0.717) is 5.41 Å². The number of aromatic nitrogens is 2. The average molecular weight is 292 g/mol. The summed E-state index contributed by atoms with van der Waals surface area (Å²) in [5.74, 6) is 0. The Balaban J connectivity index is 1.86. The number of halogens is 1. The van der Waals surface area contributed by atoms with Gasteiger partial charge in [0.25, 0.3) is 0 Å². The molecule has 1 saturated heterocycles. The van der Waals surface area contributed by atoms with Crippen molar-refractivity contribution in [2.45, 2.75) is 19.8 Å². The molecule has 1 aromatic rings. The fourth-order valence-corrected chi connectivity index (χ4v) is 2.61. The maximum absolute atomic E-state index is 5.36. The minimum absolute atomic E-state index is 0.330. The first-order valence-corrected chi connectivity index (χ1v) is 6.60. The molecule has 1 fully saturated rings. The molecule has 0 aliphatic carbocycles. The first-order chi connectivity index (χ1) is 7.18. The second-order valence-electron chi connectivity index (χ2n) is 4.14. The highest BCUT2D eigenvalue weighted by Gasteiger charge is 2.27. The van der Waals surface area contributed by atoms with Gasteiger partial charge in [-0.15, -0.1) is 10.2 Å². The molecule has 2 heterocycles. The van der Waals surface area contributed by atoms with Gasteiger partial charge in [0, 0.05) is 19.8 Å². The summed E-state index contributed by atoms with van der Waals surface area (Å²) in [6.45, 7) is 4.98. The largest absolute Gasteiger partial charge is 0.381 e. The fraction of sp³-hybridized carbons (Fsp3) is 0.778. The van der Waals surface area contributed by atoms with Crippen molar-refractivity contribution in [2.24, 2.45) is 5.41 Å². The molecule has 4 nitrogen and oxygen atoms in total. The third kappa shape index (κ3) is 3.12. The summed E-state index contributed by atoms with van der Waals surface area (Å²) in [4.78, 5) is 0. The zero-order valence-electron chi connectivity index (χ0n) is 8.62.